The number of alkyl halides is 1. The number of carbonyl (C=O) groups is 4. The molecule has 0 bridgehead atoms. The number of carbonyl (C=O) groups excluding carboxylic acids is 4. The molecule has 2 heterocycles. The number of allylic oxidation sites excluding steroid dienone is 1. The van der Waals surface area contributed by atoms with E-state index in [4.69, 9.17) is 16.3 Å². The molecule has 0 spiro atoms. The fourth-order valence-electron chi connectivity index (χ4n) is 8.09. The van der Waals surface area contributed by atoms with Crippen molar-refractivity contribution in [3.05, 3.63) is 131 Å². The molecule has 2 aliphatic rings. The molecule has 6 rings (SSSR count). The van der Waals surface area contributed by atoms with Crippen LogP contribution in [0.25, 0.3) is 11.1 Å². The number of likely N-dealkylation sites (N-methyl/N-ethyl adjacent to an activating group) is 1. The number of nitrogens with one attached hydrogen (secondary N) is 1. The molecule has 4 aromatic carbocycles. The van der Waals surface area contributed by atoms with Crippen molar-refractivity contribution in [2.75, 3.05) is 31.8 Å². The highest BCUT2D eigenvalue weighted by atomic mass is 35.5. The summed E-state index contributed by atoms with van der Waals surface area (Å²) in [6.07, 6.45) is 12.2. The van der Waals surface area contributed by atoms with Gasteiger partial charge in [0, 0.05) is 42.8 Å². The van der Waals surface area contributed by atoms with Crippen LogP contribution in [0, 0.1) is 0 Å². The molecule has 60 heavy (non-hydrogen) atoms. The van der Waals surface area contributed by atoms with E-state index in [0.29, 0.717) is 44.0 Å². The molecule has 1 unspecified atom stereocenters. The largest absolute Gasteiger partial charge is 0.492 e. The Balaban J connectivity index is 0.818. The van der Waals surface area contributed by atoms with Gasteiger partial charge in [0.15, 0.2) is 0 Å². The number of thioether (sulfide) groups is 1. The van der Waals surface area contributed by atoms with Gasteiger partial charge in [-0.25, -0.2) is 0 Å². The maximum atomic E-state index is 13.1. The number of amides is 4. The average molecular weight is 849 g/mol. The lowest BCUT2D eigenvalue weighted by Crippen LogP contribution is -2.52. The van der Waals surface area contributed by atoms with E-state index in [1.54, 1.807) is 21.6 Å². The Labute approximate surface area is 365 Å². The fraction of sp³-hybridized carbons (Fsp3) is 0.400. The van der Waals surface area contributed by atoms with E-state index in [9.17, 15) is 19.2 Å². The van der Waals surface area contributed by atoms with Crippen LogP contribution >= 0.6 is 23.4 Å². The molecular weight excluding hydrogens is 790 g/mol. The van der Waals surface area contributed by atoms with Gasteiger partial charge in [0.1, 0.15) is 18.4 Å². The van der Waals surface area contributed by atoms with Gasteiger partial charge in [0.05, 0.1) is 6.54 Å². The van der Waals surface area contributed by atoms with Gasteiger partial charge in [-0.3, -0.25) is 24.5 Å². The van der Waals surface area contributed by atoms with Crippen LogP contribution in [-0.2, 0) is 20.9 Å². The van der Waals surface area contributed by atoms with Crippen LogP contribution in [0.4, 0.5) is 0 Å². The van der Waals surface area contributed by atoms with Crippen molar-refractivity contribution in [1.29, 1.82) is 0 Å². The minimum atomic E-state index is -0.585. The first kappa shape index (κ1) is 44.7. The third-order valence-corrected chi connectivity index (χ3v) is 12.8. The van der Waals surface area contributed by atoms with Gasteiger partial charge in [0.25, 0.3) is 5.91 Å². The Hall–Kier alpha value is -4.86. The van der Waals surface area contributed by atoms with Crippen LogP contribution in [0.3, 0.4) is 0 Å². The Morgan fingerprint density at radius 3 is 2.07 bits per heavy atom. The molecule has 4 aromatic rings. The first-order valence-electron chi connectivity index (χ1n) is 21.6. The monoisotopic (exact) mass is 847 g/mol. The predicted octanol–water partition coefficient (Wildman–Crippen LogP) is 10.6. The molecule has 316 valence electrons. The van der Waals surface area contributed by atoms with Crippen LogP contribution in [0.15, 0.2) is 108 Å². The number of nitrogens with zero attached hydrogens (tertiary/aromatic N) is 2. The van der Waals surface area contributed by atoms with Crippen molar-refractivity contribution >= 4 is 58.1 Å². The summed E-state index contributed by atoms with van der Waals surface area (Å²) in [7, 11) is 1.86. The van der Waals surface area contributed by atoms with Gasteiger partial charge in [0.2, 0.25) is 17.7 Å². The lowest BCUT2D eigenvalue weighted by Gasteiger charge is -2.29. The number of imide groups is 1. The van der Waals surface area contributed by atoms with Gasteiger partial charge in [-0.2, -0.15) is 0 Å². The molecule has 2 aliphatic heterocycles. The topological polar surface area (TPSA) is 96.0 Å². The fourth-order valence-corrected chi connectivity index (χ4v) is 9.37. The first-order valence-corrected chi connectivity index (χ1v) is 23.1. The molecule has 4 amide bonds. The van der Waals surface area contributed by atoms with E-state index < -0.39 is 6.04 Å². The van der Waals surface area contributed by atoms with Crippen molar-refractivity contribution in [1.82, 2.24) is 15.1 Å². The predicted molar refractivity (Wildman–Crippen MR) is 243 cm³/mol. The second-order valence-electron chi connectivity index (χ2n) is 15.7. The summed E-state index contributed by atoms with van der Waals surface area (Å²) in [4.78, 5) is 54.4. The third-order valence-electron chi connectivity index (χ3n) is 11.4. The minimum absolute atomic E-state index is 0.121. The Morgan fingerprint density at radius 1 is 0.767 bits per heavy atom. The van der Waals surface area contributed by atoms with Gasteiger partial charge in [-0.15, -0.1) is 23.4 Å². The molecule has 1 fully saturated rings. The van der Waals surface area contributed by atoms with Gasteiger partial charge >= 0.3 is 0 Å². The van der Waals surface area contributed by atoms with Crippen molar-refractivity contribution in [2.24, 2.45) is 0 Å². The maximum absolute atomic E-state index is 13.1. The molecule has 0 aliphatic carbocycles. The van der Waals surface area contributed by atoms with Crippen LogP contribution in [-0.4, -0.2) is 71.3 Å². The molecule has 8 nitrogen and oxygen atoms in total. The quantitative estimate of drug-likeness (QED) is 0.0263. The number of halogens is 1. The van der Waals surface area contributed by atoms with Crippen LogP contribution in [0.1, 0.15) is 116 Å². The maximum Gasteiger partial charge on any atom is 0.255 e. The number of piperidine rings is 1. The van der Waals surface area contributed by atoms with Gasteiger partial charge in [-0.05, 0) is 89.1 Å². The van der Waals surface area contributed by atoms with E-state index in [-0.39, 0.29) is 30.0 Å². The lowest BCUT2D eigenvalue weighted by molar-refractivity contribution is -0.137. The van der Waals surface area contributed by atoms with E-state index >= 15 is 0 Å². The Kier molecular flexibility index (Phi) is 17.3. The first-order chi connectivity index (χ1) is 29.3. The SMILES string of the molecule is CN(CCOc1ccc(C(=C(CCCl)c2ccccc2)c2ccccc2)cc1)C(=O)CCCCCCCCCCCSc1cccc2c1CN(C1CCC(=O)NC1=O)C2=O. The number of rotatable bonds is 23. The van der Waals surface area contributed by atoms with E-state index in [0.717, 1.165) is 65.2 Å². The van der Waals surface area contributed by atoms with Crippen molar-refractivity contribution < 1.29 is 23.9 Å². The summed E-state index contributed by atoms with van der Waals surface area (Å²) in [5, 5.41) is 2.38. The van der Waals surface area contributed by atoms with Crippen LogP contribution in [0.2, 0.25) is 0 Å². The summed E-state index contributed by atoms with van der Waals surface area (Å²) >= 11 is 8.10. The van der Waals surface area contributed by atoms with E-state index in [2.05, 4.69) is 72.0 Å². The summed E-state index contributed by atoms with van der Waals surface area (Å²) < 4.78 is 6.07. The summed E-state index contributed by atoms with van der Waals surface area (Å²) in [5.74, 6) is 1.69. The summed E-state index contributed by atoms with van der Waals surface area (Å²) in [6.45, 7) is 1.39. The van der Waals surface area contributed by atoms with Crippen molar-refractivity contribution in [2.45, 2.75) is 101 Å². The normalized spacial score (nSPS) is 15.4. The highest BCUT2D eigenvalue weighted by molar-refractivity contribution is 7.99. The highest BCUT2D eigenvalue weighted by Gasteiger charge is 2.39. The summed E-state index contributed by atoms with van der Waals surface area (Å²) in [6, 6.07) is 34.3. The van der Waals surface area contributed by atoms with Crippen molar-refractivity contribution in [3.8, 4) is 5.75 Å². The average Bonchev–Trinajstić information content (AvgIpc) is 3.60. The number of hydrogen-bond donors (Lipinski definition) is 1. The van der Waals surface area contributed by atoms with Gasteiger partial charge < -0.3 is 14.5 Å². The zero-order valence-electron chi connectivity index (χ0n) is 34.8. The van der Waals surface area contributed by atoms with Crippen LogP contribution < -0.4 is 10.1 Å². The highest BCUT2D eigenvalue weighted by Crippen LogP contribution is 2.36. The zero-order valence-corrected chi connectivity index (χ0v) is 36.4. The third kappa shape index (κ3) is 12.4. The number of ether oxygens (including phenoxy) is 1. The van der Waals surface area contributed by atoms with E-state index in [1.807, 2.05) is 43.4 Å². The standard InChI is InChI=1S/C50H58ClN3O5S/c1-53(33-34-59-40-27-25-39(26-28-40)48(38-20-13-10-14-21-38)41(31-32-51)37-18-11-9-12-19-37)47(56)24-15-7-5-3-2-4-6-8-16-35-60-45-23-17-22-42-43(45)36-54(50(42)58)44-29-30-46(55)52-49(44)57/h9-14,17-23,25-28,44H,2-8,15-16,24,29-36H2,1H3,(H,52,55,57). The number of benzene rings is 4. The van der Waals surface area contributed by atoms with E-state index in [1.165, 1.54) is 48.8 Å². The second kappa shape index (κ2) is 23.2. The Morgan fingerprint density at radius 2 is 1.40 bits per heavy atom. The molecule has 0 aromatic heterocycles. The number of fused-ring (bicyclic) bond motifs is 1. The number of unbranched alkanes of at least 4 members (excludes halogenated alkanes) is 8. The minimum Gasteiger partial charge on any atom is -0.492 e. The molecule has 1 N–H and O–H groups in total. The van der Waals surface area contributed by atoms with Crippen LogP contribution in [0.5, 0.6) is 5.75 Å². The zero-order chi connectivity index (χ0) is 42.1. The molecule has 10 heteroatoms. The number of hydrogen-bond acceptors (Lipinski definition) is 6. The molecule has 0 saturated carbocycles. The second-order valence-corrected chi connectivity index (χ2v) is 17.2. The van der Waals surface area contributed by atoms with Crippen molar-refractivity contribution in [3.63, 3.8) is 0 Å². The summed E-state index contributed by atoms with van der Waals surface area (Å²) in [5.41, 5.74) is 7.46. The van der Waals surface area contributed by atoms with Gasteiger partial charge in [-0.1, -0.05) is 124 Å². The molecular formula is C50H58ClN3O5S. The lowest BCUT2D eigenvalue weighted by atomic mass is 9.88. The molecule has 1 saturated heterocycles. The smallest absolute Gasteiger partial charge is 0.255 e. The Bertz CT molecular complexity index is 2070. The molecule has 0 radical (unpaired) electrons. The molecule has 1 atom stereocenters.